The molecule has 0 aliphatic heterocycles. The summed E-state index contributed by atoms with van der Waals surface area (Å²) in [5.74, 6) is 1.07. The lowest BCUT2D eigenvalue weighted by molar-refractivity contribution is 0.433. The molecule has 3 heteroatoms. The van der Waals surface area contributed by atoms with Gasteiger partial charge in [0, 0.05) is 16.7 Å². The average Bonchev–Trinajstić information content (AvgIpc) is 2.97. The zero-order valence-electron chi connectivity index (χ0n) is 37.2. The molecule has 54 heavy (non-hydrogen) atoms. The van der Waals surface area contributed by atoms with Gasteiger partial charge in [-0.05, 0) is 120 Å². The van der Waals surface area contributed by atoms with Crippen molar-refractivity contribution in [2.75, 3.05) is 0 Å². The van der Waals surface area contributed by atoms with Crippen molar-refractivity contribution in [2.24, 2.45) is 0 Å². The highest BCUT2D eigenvalue weighted by molar-refractivity contribution is 5.58. The van der Waals surface area contributed by atoms with Gasteiger partial charge < -0.3 is 15.3 Å². The molecule has 294 valence electrons. The Bertz CT molecular complexity index is 1900. The summed E-state index contributed by atoms with van der Waals surface area (Å²) >= 11 is 0. The lowest BCUT2D eigenvalue weighted by Gasteiger charge is -2.34. The molecule has 0 amide bonds. The predicted octanol–water partition coefficient (Wildman–Crippen LogP) is 13.4. The lowest BCUT2D eigenvalue weighted by atomic mass is 9.70. The third-order valence-corrected chi connectivity index (χ3v) is 10.8. The number of benzene rings is 4. The van der Waals surface area contributed by atoms with Crippen LogP contribution in [0.5, 0.6) is 17.2 Å². The molecule has 3 nitrogen and oxygen atoms in total. The summed E-state index contributed by atoms with van der Waals surface area (Å²) < 4.78 is 0. The van der Waals surface area contributed by atoms with Crippen LogP contribution in [0.1, 0.15) is 191 Å². The highest BCUT2D eigenvalue weighted by atomic mass is 16.3. The van der Waals surface area contributed by atoms with Crippen LogP contribution in [0.3, 0.4) is 0 Å². The van der Waals surface area contributed by atoms with Gasteiger partial charge in [-0.25, -0.2) is 0 Å². The molecule has 0 saturated carbocycles. The van der Waals surface area contributed by atoms with Gasteiger partial charge in [-0.2, -0.15) is 0 Å². The first-order valence-electron chi connectivity index (χ1n) is 20.0. The van der Waals surface area contributed by atoms with Crippen molar-refractivity contribution >= 4 is 0 Å². The van der Waals surface area contributed by atoms with Crippen LogP contribution in [0.2, 0.25) is 0 Å². The van der Waals surface area contributed by atoms with Crippen molar-refractivity contribution in [1.29, 1.82) is 0 Å². The summed E-state index contributed by atoms with van der Waals surface area (Å²) in [4.78, 5) is 0. The van der Waals surface area contributed by atoms with Crippen LogP contribution < -0.4 is 0 Å². The summed E-state index contributed by atoms with van der Waals surface area (Å²) in [5.41, 5.74) is 12.9. The molecule has 0 bridgehead atoms. The molecule has 0 unspecified atom stereocenters. The molecule has 0 aromatic heterocycles. The van der Waals surface area contributed by atoms with Crippen LogP contribution in [0, 0.1) is 0 Å². The first kappa shape index (κ1) is 43.0. The summed E-state index contributed by atoms with van der Waals surface area (Å²) in [5, 5.41) is 34.0. The predicted molar refractivity (Wildman–Crippen MR) is 231 cm³/mol. The molecule has 0 spiro atoms. The minimum absolute atomic E-state index is 0.191. The maximum absolute atomic E-state index is 11.4. The number of hydrogen-bond acceptors (Lipinski definition) is 3. The molecular weight excluding hydrogens is 661 g/mol. The van der Waals surface area contributed by atoms with E-state index in [4.69, 9.17) is 0 Å². The van der Waals surface area contributed by atoms with Crippen molar-refractivity contribution in [3.63, 3.8) is 0 Å². The number of hydrogen-bond donors (Lipinski definition) is 3. The Balaban J connectivity index is 2.11. The van der Waals surface area contributed by atoms with Crippen molar-refractivity contribution in [1.82, 2.24) is 0 Å². The van der Waals surface area contributed by atoms with Gasteiger partial charge in [-0.15, -0.1) is 0 Å². The van der Waals surface area contributed by atoms with Crippen LogP contribution in [-0.2, 0) is 51.8 Å². The van der Waals surface area contributed by atoms with Gasteiger partial charge >= 0.3 is 0 Å². The third-order valence-electron chi connectivity index (χ3n) is 10.8. The Hall–Kier alpha value is -3.72. The van der Waals surface area contributed by atoms with E-state index < -0.39 is 0 Å². The van der Waals surface area contributed by atoms with Gasteiger partial charge in [-0.3, -0.25) is 0 Å². The van der Waals surface area contributed by atoms with Gasteiger partial charge in [-0.1, -0.05) is 161 Å². The second-order valence-electron chi connectivity index (χ2n) is 22.1. The van der Waals surface area contributed by atoms with E-state index in [0.29, 0.717) is 23.7 Å². The minimum Gasteiger partial charge on any atom is -0.508 e. The maximum Gasteiger partial charge on any atom is 0.119 e. The maximum atomic E-state index is 11.4. The van der Waals surface area contributed by atoms with Gasteiger partial charge in [0.25, 0.3) is 0 Å². The molecule has 0 fully saturated rings. The third kappa shape index (κ3) is 9.04. The standard InChI is InChI=1S/C51H72O3/c1-46(2,3)40-33(22-25-37(52)43(40)49(10,11)12)28-31-20-19-21-32(29-34-23-26-38(53)44(50(13,14)15)41(34)47(4,5)6)36(31)30-35-24-27-39(54)45(51(16,17)18)42(35)48(7,8)9/h19-27,52-54H,28-30H2,1-18H3. The Kier molecular flexibility index (Phi) is 11.5. The highest BCUT2D eigenvalue weighted by Crippen LogP contribution is 2.46. The summed E-state index contributed by atoms with van der Waals surface area (Å²) in [6.45, 7) is 40.0. The molecule has 0 heterocycles. The second-order valence-corrected chi connectivity index (χ2v) is 22.1. The summed E-state index contributed by atoms with van der Waals surface area (Å²) in [6, 6.07) is 18.9. The zero-order chi connectivity index (χ0) is 41.1. The molecule has 0 aliphatic rings. The van der Waals surface area contributed by atoms with E-state index in [1.807, 2.05) is 18.2 Å². The molecule has 4 rings (SSSR count). The summed E-state index contributed by atoms with van der Waals surface area (Å²) in [6.07, 6.45) is 2.16. The average molecular weight is 733 g/mol. The molecule has 4 aromatic rings. The van der Waals surface area contributed by atoms with Crippen LogP contribution in [0.15, 0.2) is 54.6 Å². The fourth-order valence-electron chi connectivity index (χ4n) is 9.04. The first-order chi connectivity index (χ1) is 24.3. The number of phenolic OH excluding ortho intramolecular Hbond substituents is 3. The Morgan fingerprint density at radius 2 is 0.537 bits per heavy atom. The van der Waals surface area contributed by atoms with E-state index in [2.05, 4.69) is 161 Å². The zero-order valence-corrected chi connectivity index (χ0v) is 37.2. The largest absolute Gasteiger partial charge is 0.508 e. The van der Waals surface area contributed by atoms with E-state index in [1.165, 1.54) is 50.1 Å². The van der Waals surface area contributed by atoms with Gasteiger partial charge in [0.15, 0.2) is 0 Å². The van der Waals surface area contributed by atoms with Crippen LogP contribution in [0.25, 0.3) is 0 Å². The molecule has 4 aromatic carbocycles. The van der Waals surface area contributed by atoms with E-state index in [1.54, 1.807) is 0 Å². The Morgan fingerprint density at radius 1 is 0.296 bits per heavy atom. The summed E-state index contributed by atoms with van der Waals surface area (Å²) in [7, 11) is 0. The van der Waals surface area contributed by atoms with E-state index in [0.717, 1.165) is 29.5 Å². The smallest absolute Gasteiger partial charge is 0.119 e. The van der Waals surface area contributed by atoms with Crippen molar-refractivity contribution in [3.05, 3.63) is 121 Å². The number of aromatic hydroxyl groups is 3. The van der Waals surface area contributed by atoms with E-state index in [-0.39, 0.29) is 32.5 Å². The lowest BCUT2D eigenvalue weighted by Crippen LogP contribution is -2.25. The number of phenols is 3. The van der Waals surface area contributed by atoms with Crippen molar-refractivity contribution < 1.29 is 15.3 Å². The van der Waals surface area contributed by atoms with Crippen LogP contribution >= 0.6 is 0 Å². The van der Waals surface area contributed by atoms with Crippen molar-refractivity contribution in [3.8, 4) is 17.2 Å². The second kappa shape index (κ2) is 14.4. The molecular formula is C51H72O3. The molecule has 3 N–H and O–H groups in total. The fourth-order valence-corrected chi connectivity index (χ4v) is 9.04. The number of rotatable bonds is 6. The first-order valence-corrected chi connectivity index (χ1v) is 20.0. The SMILES string of the molecule is CC(C)(C)c1c(O)ccc(Cc2cccc(Cc3ccc(O)c(C(C)(C)C)c3C(C)(C)C)c2Cc2ccc(O)c(C(C)(C)C)c2C(C)(C)C)c1C(C)(C)C. The van der Waals surface area contributed by atoms with Gasteiger partial charge in [0.05, 0.1) is 0 Å². The van der Waals surface area contributed by atoms with E-state index >= 15 is 0 Å². The van der Waals surface area contributed by atoms with Gasteiger partial charge in [0.1, 0.15) is 17.2 Å². The topological polar surface area (TPSA) is 60.7 Å². The molecule has 0 aliphatic carbocycles. The highest BCUT2D eigenvalue weighted by Gasteiger charge is 2.34. The molecule has 0 radical (unpaired) electrons. The van der Waals surface area contributed by atoms with Crippen LogP contribution in [-0.4, -0.2) is 15.3 Å². The normalized spacial score (nSPS) is 13.4. The van der Waals surface area contributed by atoms with Crippen LogP contribution in [0.4, 0.5) is 0 Å². The fraction of sp³-hybridized carbons (Fsp3) is 0.529. The Labute approximate surface area is 329 Å². The molecule has 0 saturated heterocycles. The minimum atomic E-state index is -0.251. The van der Waals surface area contributed by atoms with Gasteiger partial charge in [0.2, 0.25) is 0 Å². The Morgan fingerprint density at radius 3 is 0.778 bits per heavy atom. The monoisotopic (exact) mass is 733 g/mol. The van der Waals surface area contributed by atoms with E-state index in [9.17, 15) is 15.3 Å². The quantitative estimate of drug-likeness (QED) is 0.185. The molecule has 0 atom stereocenters. The van der Waals surface area contributed by atoms with Crippen molar-refractivity contribution in [2.45, 2.75) is 176 Å².